The van der Waals surface area contributed by atoms with Crippen LogP contribution in [0.15, 0.2) is 30.3 Å². The van der Waals surface area contributed by atoms with Crippen molar-refractivity contribution in [3.8, 4) is 0 Å². The number of carbonyl (C=O) groups excluding carboxylic acids is 2. The van der Waals surface area contributed by atoms with Gasteiger partial charge >= 0.3 is 0 Å². The summed E-state index contributed by atoms with van der Waals surface area (Å²) in [6.07, 6.45) is 4.34. The van der Waals surface area contributed by atoms with Crippen molar-refractivity contribution in [1.82, 2.24) is 15.1 Å². The van der Waals surface area contributed by atoms with Gasteiger partial charge in [-0.05, 0) is 55.7 Å². The predicted octanol–water partition coefficient (Wildman–Crippen LogP) is 3.41. The molecule has 5 heteroatoms. The molecule has 0 aliphatic carbocycles. The van der Waals surface area contributed by atoms with E-state index in [1.165, 1.54) is 18.1 Å². The molecule has 0 spiro atoms. The molecule has 1 atom stereocenters. The Morgan fingerprint density at radius 2 is 2.12 bits per heavy atom. The highest BCUT2D eigenvalue weighted by molar-refractivity contribution is 5.97. The molecule has 0 radical (unpaired) electrons. The summed E-state index contributed by atoms with van der Waals surface area (Å²) in [7, 11) is 0. The lowest BCUT2D eigenvalue weighted by Crippen LogP contribution is -2.40. The minimum absolute atomic E-state index is 0.0550. The van der Waals surface area contributed by atoms with Gasteiger partial charge in [-0.15, -0.1) is 0 Å². The first-order valence-electron chi connectivity index (χ1n) is 8.94. The SMILES string of the molecule is CC(=O)c1cc(C(=O)N2CCC[C@H](CCc3ccccc3C)C2)[nH]n1. The summed E-state index contributed by atoms with van der Waals surface area (Å²) in [5.74, 6) is 0.332. The molecule has 2 aromatic rings. The van der Waals surface area contributed by atoms with Crippen LogP contribution in [0.25, 0.3) is 0 Å². The largest absolute Gasteiger partial charge is 0.337 e. The van der Waals surface area contributed by atoms with Gasteiger partial charge in [0.15, 0.2) is 5.78 Å². The normalized spacial score (nSPS) is 17.5. The molecule has 132 valence electrons. The van der Waals surface area contributed by atoms with Crippen molar-refractivity contribution in [1.29, 1.82) is 0 Å². The van der Waals surface area contributed by atoms with Gasteiger partial charge in [-0.2, -0.15) is 5.10 Å². The van der Waals surface area contributed by atoms with Crippen molar-refractivity contribution >= 4 is 11.7 Å². The zero-order valence-corrected chi connectivity index (χ0v) is 14.9. The van der Waals surface area contributed by atoms with Gasteiger partial charge in [0.2, 0.25) is 0 Å². The van der Waals surface area contributed by atoms with Crippen LogP contribution in [-0.4, -0.2) is 39.9 Å². The summed E-state index contributed by atoms with van der Waals surface area (Å²) in [6.45, 7) is 5.15. The third-order valence-corrected chi connectivity index (χ3v) is 5.06. The molecule has 1 aromatic heterocycles. The summed E-state index contributed by atoms with van der Waals surface area (Å²) in [5, 5.41) is 6.62. The maximum absolute atomic E-state index is 12.7. The second-order valence-corrected chi connectivity index (χ2v) is 6.95. The van der Waals surface area contributed by atoms with Crippen LogP contribution in [-0.2, 0) is 6.42 Å². The number of aryl methyl sites for hydroxylation is 2. The first kappa shape index (κ1) is 17.4. The fraction of sp³-hybridized carbons (Fsp3) is 0.450. The molecule has 0 bridgehead atoms. The van der Waals surface area contributed by atoms with Crippen LogP contribution in [0.4, 0.5) is 0 Å². The lowest BCUT2D eigenvalue weighted by molar-refractivity contribution is 0.0662. The molecule has 1 amide bonds. The topological polar surface area (TPSA) is 66.1 Å². The van der Waals surface area contributed by atoms with Gasteiger partial charge in [0, 0.05) is 20.0 Å². The molecule has 0 saturated carbocycles. The van der Waals surface area contributed by atoms with E-state index in [2.05, 4.69) is 41.4 Å². The Balaban J connectivity index is 1.59. The highest BCUT2D eigenvalue weighted by atomic mass is 16.2. The number of likely N-dealkylation sites (tertiary alicyclic amines) is 1. The Morgan fingerprint density at radius 3 is 2.84 bits per heavy atom. The smallest absolute Gasteiger partial charge is 0.271 e. The Morgan fingerprint density at radius 1 is 1.32 bits per heavy atom. The second kappa shape index (κ2) is 7.64. The molecular weight excluding hydrogens is 314 g/mol. The Kier molecular flexibility index (Phi) is 5.31. The molecule has 1 aliphatic rings. The number of H-pyrrole nitrogens is 1. The number of amides is 1. The number of benzene rings is 1. The molecule has 1 aliphatic heterocycles. The number of nitrogens with one attached hydrogen (secondary N) is 1. The zero-order chi connectivity index (χ0) is 17.8. The summed E-state index contributed by atoms with van der Waals surface area (Å²) < 4.78 is 0. The maximum atomic E-state index is 12.7. The number of ketones is 1. The average Bonchev–Trinajstić information content (AvgIpc) is 3.11. The third kappa shape index (κ3) is 4.16. The molecule has 1 aromatic carbocycles. The van der Waals surface area contributed by atoms with Crippen LogP contribution in [0.1, 0.15) is 58.3 Å². The van der Waals surface area contributed by atoms with E-state index < -0.39 is 0 Å². The number of hydrogen-bond donors (Lipinski definition) is 1. The number of carbonyl (C=O) groups is 2. The predicted molar refractivity (Wildman–Crippen MR) is 96.7 cm³/mol. The Bertz CT molecular complexity index is 766. The average molecular weight is 339 g/mol. The Labute approximate surface area is 148 Å². The fourth-order valence-corrected chi connectivity index (χ4v) is 3.52. The summed E-state index contributed by atoms with van der Waals surface area (Å²) >= 11 is 0. The van der Waals surface area contributed by atoms with Crippen LogP contribution >= 0.6 is 0 Å². The van der Waals surface area contributed by atoms with Crippen LogP contribution in [0.2, 0.25) is 0 Å². The van der Waals surface area contributed by atoms with Crippen molar-refractivity contribution in [2.45, 2.75) is 39.5 Å². The van der Waals surface area contributed by atoms with Crippen LogP contribution in [0, 0.1) is 12.8 Å². The van der Waals surface area contributed by atoms with Crippen molar-refractivity contribution in [2.75, 3.05) is 13.1 Å². The van der Waals surface area contributed by atoms with Crippen molar-refractivity contribution < 1.29 is 9.59 Å². The summed E-state index contributed by atoms with van der Waals surface area (Å²) in [5.41, 5.74) is 3.45. The standard InChI is InChI=1S/C20H25N3O2/c1-14-6-3-4-8-17(14)10-9-16-7-5-11-23(13-16)20(25)19-12-18(15(2)24)21-22-19/h3-4,6,8,12,16H,5,7,9-11,13H2,1-2H3,(H,21,22)/t16-/m1/s1. The van der Waals surface area contributed by atoms with E-state index in [4.69, 9.17) is 0 Å². The van der Waals surface area contributed by atoms with E-state index in [0.717, 1.165) is 38.8 Å². The molecule has 2 heterocycles. The molecule has 3 rings (SSSR count). The fourth-order valence-electron chi connectivity index (χ4n) is 3.52. The number of piperidine rings is 1. The molecule has 0 unspecified atom stereocenters. The van der Waals surface area contributed by atoms with E-state index in [9.17, 15) is 9.59 Å². The van der Waals surface area contributed by atoms with E-state index in [1.54, 1.807) is 6.07 Å². The van der Waals surface area contributed by atoms with Gasteiger partial charge < -0.3 is 4.90 Å². The summed E-state index contributed by atoms with van der Waals surface area (Å²) in [4.78, 5) is 25.9. The van der Waals surface area contributed by atoms with E-state index >= 15 is 0 Å². The van der Waals surface area contributed by atoms with Crippen LogP contribution < -0.4 is 0 Å². The quantitative estimate of drug-likeness (QED) is 0.849. The van der Waals surface area contributed by atoms with Crippen molar-refractivity contribution in [3.05, 3.63) is 52.8 Å². The second-order valence-electron chi connectivity index (χ2n) is 6.95. The zero-order valence-electron chi connectivity index (χ0n) is 14.9. The van der Waals surface area contributed by atoms with Gasteiger partial charge in [0.25, 0.3) is 5.91 Å². The number of hydrogen-bond acceptors (Lipinski definition) is 3. The number of Topliss-reactive ketones (excluding diaryl/α,β-unsaturated/α-hetero) is 1. The van der Waals surface area contributed by atoms with Crippen molar-refractivity contribution in [3.63, 3.8) is 0 Å². The van der Waals surface area contributed by atoms with E-state index in [1.807, 2.05) is 4.90 Å². The Hall–Kier alpha value is -2.43. The lowest BCUT2D eigenvalue weighted by atomic mass is 9.90. The first-order chi connectivity index (χ1) is 12.0. The molecule has 1 N–H and O–H groups in total. The van der Waals surface area contributed by atoms with Gasteiger partial charge in [-0.1, -0.05) is 24.3 Å². The monoisotopic (exact) mass is 339 g/mol. The molecule has 1 saturated heterocycles. The number of aromatic amines is 1. The minimum atomic E-state index is -0.134. The minimum Gasteiger partial charge on any atom is -0.337 e. The van der Waals surface area contributed by atoms with Crippen LogP contribution in [0.3, 0.4) is 0 Å². The number of rotatable bonds is 5. The van der Waals surface area contributed by atoms with Gasteiger partial charge in [-0.3, -0.25) is 14.7 Å². The highest BCUT2D eigenvalue weighted by Gasteiger charge is 2.25. The van der Waals surface area contributed by atoms with Gasteiger partial charge in [0.05, 0.1) is 0 Å². The van der Waals surface area contributed by atoms with E-state index in [-0.39, 0.29) is 11.7 Å². The first-order valence-corrected chi connectivity index (χ1v) is 8.94. The van der Waals surface area contributed by atoms with Gasteiger partial charge in [-0.25, -0.2) is 0 Å². The molecular formula is C20H25N3O2. The number of aromatic nitrogens is 2. The van der Waals surface area contributed by atoms with Crippen LogP contribution in [0.5, 0.6) is 0 Å². The maximum Gasteiger partial charge on any atom is 0.271 e. The molecule has 25 heavy (non-hydrogen) atoms. The third-order valence-electron chi connectivity index (χ3n) is 5.06. The lowest BCUT2D eigenvalue weighted by Gasteiger charge is -2.32. The summed E-state index contributed by atoms with van der Waals surface area (Å²) in [6, 6.07) is 10.1. The molecule has 1 fully saturated rings. The molecule has 5 nitrogen and oxygen atoms in total. The van der Waals surface area contributed by atoms with Crippen molar-refractivity contribution in [2.24, 2.45) is 5.92 Å². The van der Waals surface area contributed by atoms with E-state index in [0.29, 0.717) is 17.3 Å². The number of nitrogens with zero attached hydrogens (tertiary/aromatic N) is 2. The highest BCUT2D eigenvalue weighted by Crippen LogP contribution is 2.23. The van der Waals surface area contributed by atoms with Gasteiger partial charge in [0.1, 0.15) is 11.4 Å².